The Balaban J connectivity index is 1.67. The summed E-state index contributed by atoms with van der Waals surface area (Å²) >= 11 is 3.54. The monoisotopic (exact) mass is 418 g/mol. The van der Waals surface area contributed by atoms with Gasteiger partial charge in [-0.05, 0) is 52.7 Å². The Kier molecular flexibility index (Phi) is 6.19. The Bertz CT molecular complexity index is 850. The normalized spacial score (nSPS) is 12.3. The van der Waals surface area contributed by atoms with E-state index in [-0.39, 0.29) is 19.0 Å². The zero-order valence-electron chi connectivity index (χ0n) is 14.4. The number of aryl methyl sites for hydroxylation is 1. The third-order valence-electron chi connectivity index (χ3n) is 3.98. The van der Waals surface area contributed by atoms with Crippen LogP contribution in [0.1, 0.15) is 11.3 Å². The largest absolute Gasteiger partial charge is 0.389 e. The van der Waals surface area contributed by atoms with Crippen LogP contribution in [0.2, 0.25) is 0 Å². The average molecular weight is 419 g/mol. The second-order valence-electron chi connectivity index (χ2n) is 6.09. The van der Waals surface area contributed by atoms with Crippen LogP contribution in [-0.4, -0.2) is 27.6 Å². The lowest BCUT2D eigenvalue weighted by molar-refractivity contribution is 0.0189. The maximum Gasteiger partial charge on any atom is 0.123 e. The number of hydrogen-bond donors (Lipinski definition) is 1. The van der Waals surface area contributed by atoms with Crippen LogP contribution in [0.5, 0.6) is 0 Å². The number of nitrogens with zero attached hydrogens (tertiary/aromatic N) is 2. The highest BCUT2D eigenvalue weighted by molar-refractivity contribution is 9.10. The molecule has 0 bridgehead atoms. The quantitative estimate of drug-likeness (QED) is 0.620. The van der Waals surface area contributed by atoms with Gasteiger partial charge in [0.15, 0.2) is 0 Å². The molecule has 3 rings (SSSR count). The molecule has 1 N–H and O–H groups in total. The van der Waals surface area contributed by atoms with Gasteiger partial charge in [0, 0.05) is 5.56 Å². The molecule has 2 aromatic carbocycles. The second kappa shape index (κ2) is 8.58. The van der Waals surface area contributed by atoms with E-state index in [1.54, 1.807) is 16.8 Å². The summed E-state index contributed by atoms with van der Waals surface area (Å²) in [5.74, 6) is -0.290. The third kappa shape index (κ3) is 4.58. The van der Waals surface area contributed by atoms with Crippen LogP contribution in [0.25, 0.3) is 11.3 Å². The summed E-state index contributed by atoms with van der Waals surface area (Å²) in [5.41, 5.74) is 3.51. The topological polar surface area (TPSA) is 47.3 Å². The van der Waals surface area contributed by atoms with Gasteiger partial charge < -0.3 is 9.84 Å². The van der Waals surface area contributed by atoms with E-state index in [0.717, 1.165) is 27.0 Å². The first-order valence-corrected chi connectivity index (χ1v) is 9.12. The van der Waals surface area contributed by atoms with Gasteiger partial charge in [0.25, 0.3) is 0 Å². The fourth-order valence-electron chi connectivity index (χ4n) is 2.71. The van der Waals surface area contributed by atoms with Crippen molar-refractivity contribution >= 4 is 15.9 Å². The van der Waals surface area contributed by atoms with Gasteiger partial charge in [-0.3, -0.25) is 4.68 Å². The molecule has 1 aromatic heterocycles. The maximum absolute atomic E-state index is 13.2. The van der Waals surface area contributed by atoms with E-state index in [9.17, 15) is 9.50 Å². The molecule has 6 heteroatoms. The third-order valence-corrected chi connectivity index (χ3v) is 4.93. The first kappa shape index (κ1) is 18.8. The van der Waals surface area contributed by atoms with Crippen molar-refractivity contribution in [3.8, 4) is 11.3 Å². The van der Waals surface area contributed by atoms with E-state index in [0.29, 0.717) is 6.61 Å². The minimum atomic E-state index is -0.705. The average Bonchev–Trinajstić information content (AvgIpc) is 2.90. The number of rotatable bonds is 7. The molecule has 1 atom stereocenters. The molecule has 0 aliphatic heterocycles. The molecule has 26 heavy (non-hydrogen) atoms. The van der Waals surface area contributed by atoms with Gasteiger partial charge >= 0.3 is 0 Å². The molecule has 0 amide bonds. The van der Waals surface area contributed by atoms with E-state index in [1.165, 1.54) is 12.1 Å². The molecule has 0 aliphatic rings. The van der Waals surface area contributed by atoms with Crippen molar-refractivity contribution in [1.29, 1.82) is 0 Å². The van der Waals surface area contributed by atoms with Crippen LogP contribution >= 0.6 is 15.9 Å². The predicted octanol–water partition coefficient (Wildman–Crippen LogP) is 4.34. The smallest absolute Gasteiger partial charge is 0.123 e. The number of aliphatic hydroxyl groups excluding tert-OH is 1. The lowest BCUT2D eigenvalue weighted by Gasteiger charge is -2.14. The molecule has 0 aliphatic carbocycles. The zero-order valence-corrected chi connectivity index (χ0v) is 16.0. The van der Waals surface area contributed by atoms with Crippen molar-refractivity contribution in [3.63, 3.8) is 0 Å². The summed E-state index contributed by atoms with van der Waals surface area (Å²) in [5, 5.41) is 14.8. The van der Waals surface area contributed by atoms with E-state index >= 15 is 0 Å². The van der Waals surface area contributed by atoms with Crippen molar-refractivity contribution in [2.24, 2.45) is 0 Å². The van der Waals surface area contributed by atoms with Crippen molar-refractivity contribution in [2.45, 2.75) is 26.2 Å². The summed E-state index contributed by atoms with van der Waals surface area (Å²) < 4.78 is 21.4. The lowest BCUT2D eigenvalue weighted by atomic mass is 10.1. The maximum atomic E-state index is 13.2. The minimum Gasteiger partial charge on any atom is -0.389 e. The number of benzene rings is 2. The molecule has 136 valence electrons. The molecule has 0 saturated heterocycles. The minimum absolute atomic E-state index is 0.203. The molecular weight excluding hydrogens is 399 g/mol. The number of hydrogen-bond acceptors (Lipinski definition) is 3. The van der Waals surface area contributed by atoms with Crippen LogP contribution < -0.4 is 0 Å². The molecule has 3 aromatic rings. The summed E-state index contributed by atoms with van der Waals surface area (Å²) in [6.07, 6.45) is -0.705. The highest BCUT2D eigenvalue weighted by Gasteiger charge is 2.17. The first-order valence-electron chi connectivity index (χ1n) is 8.33. The van der Waals surface area contributed by atoms with Crippen LogP contribution in [0, 0.1) is 12.7 Å². The Morgan fingerprint density at radius 1 is 1.15 bits per heavy atom. The number of aromatic nitrogens is 2. The van der Waals surface area contributed by atoms with Crippen molar-refractivity contribution in [3.05, 3.63) is 76.1 Å². The Hall–Kier alpha value is -2.02. The van der Waals surface area contributed by atoms with Crippen molar-refractivity contribution in [1.82, 2.24) is 9.78 Å². The van der Waals surface area contributed by atoms with Gasteiger partial charge in [0.2, 0.25) is 0 Å². The van der Waals surface area contributed by atoms with Gasteiger partial charge in [-0.2, -0.15) is 5.10 Å². The highest BCUT2D eigenvalue weighted by atomic mass is 79.9. The number of ether oxygens (including phenoxy) is 1. The van der Waals surface area contributed by atoms with Crippen LogP contribution in [0.4, 0.5) is 4.39 Å². The molecule has 0 spiro atoms. The molecule has 0 saturated carbocycles. The molecule has 4 nitrogen and oxygen atoms in total. The van der Waals surface area contributed by atoms with E-state index in [4.69, 9.17) is 4.74 Å². The van der Waals surface area contributed by atoms with Gasteiger partial charge in [-0.15, -0.1) is 0 Å². The molecule has 0 fully saturated rings. The molecule has 1 heterocycles. The van der Waals surface area contributed by atoms with Gasteiger partial charge in [-0.25, -0.2) is 4.39 Å². The van der Waals surface area contributed by atoms with Crippen molar-refractivity contribution in [2.75, 3.05) is 6.61 Å². The van der Waals surface area contributed by atoms with Crippen LogP contribution in [0.15, 0.2) is 59.1 Å². The molecule has 1 unspecified atom stereocenters. The van der Waals surface area contributed by atoms with Gasteiger partial charge in [0.1, 0.15) is 5.82 Å². The molecule has 0 radical (unpaired) electrons. The fourth-order valence-corrected chi connectivity index (χ4v) is 3.23. The summed E-state index contributed by atoms with van der Waals surface area (Å²) in [4.78, 5) is 0. The Morgan fingerprint density at radius 2 is 1.85 bits per heavy atom. The Morgan fingerprint density at radius 3 is 2.54 bits per heavy atom. The standard InChI is InChI=1S/C20H20BrFN2O2/c1-14-19(21)20(16-7-9-17(22)10-8-16)24(23-14)11-18(25)13-26-12-15-5-3-2-4-6-15/h2-10,18,25H,11-13H2,1H3. The highest BCUT2D eigenvalue weighted by Crippen LogP contribution is 2.31. The Labute approximate surface area is 160 Å². The molecular formula is C20H20BrFN2O2. The number of aliphatic hydroxyl groups is 1. The fraction of sp³-hybridized carbons (Fsp3) is 0.250. The zero-order chi connectivity index (χ0) is 18.5. The first-order chi connectivity index (χ1) is 12.5. The van der Waals surface area contributed by atoms with Gasteiger partial charge in [-0.1, -0.05) is 30.3 Å². The summed E-state index contributed by atoms with van der Waals surface area (Å²) in [6, 6.07) is 16.0. The lowest BCUT2D eigenvalue weighted by Crippen LogP contribution is -2.23. The predicted molar refractivity (Wildman–Crippen MR) is 102 cm³/mol. The summed E-state index contributed by atoms with van der Waals surface area (Å²) in [7, 11) is 0. The number of halogens is 2. The van der Waals surface area contributed by atoms with Crippen LogP contribution in [-0.2, 0) is 17.9 Å². The van der Waals surface area contributed by atoms with E-state index < -0.39 is 6.10 Å². The second-order valence-corrected chi connectivity index (χ2v) is 6.88. The van der Waals surface area contributed by atoms with E-state index in [2.05, 4.69) is 21.0 Å². The van der Waals surface area contributed by atoms with Crippen LogP contribution in [0.3, 0.4) is 0 Å². The van der Waals surface area contributed by atoms with E-state index in [1.807, 2.05) is 37.3 Å². The van der Waals surface area contributed by atoms with Crippen molar-refractivity contribution < 1.29 is 14.2 Å². The summed E-state index contributed by atoms with van der Waals surface area (Å²) in [6.45, 7) is 2.82. The SMILES string of the molecule is Cc1nn(CC(O)COCc2ccccc2)c(-c2ccc(F)cc2)c1Br. The van der Waals surface area contributed by atoms with Gasteiger partial charge in [0.05, 0.1) is 41.7 Å².